The predicted octanol–water partition coefficient (Wildman–Crippen LogP) is 3.81. The van der Waals surface area contributed by atoms with Crippen molar-refractivity contribution in [3.05, 3.63) is 83.6 Å². The van der Waals surface area contributed by atoms with Gasteiger partial charge in [-0.2, -0.15) is 0 Å². The van der Waals surface area contributed by atoms with Crippen molar-refractivity contribution in [2.75, 3.05) is 5.73 Å². The molecule has 33 heavy (non-hydrogen) atoms. The van der Waals surface area contributed by atoms with E-state index in [2.05, 4.69) is 0 Å². The van der Waals surface area contributed by atoms with Gasteiger partial charge in [-0.1, -0.05) is 35.3 Å². The number of carbonyl (C=O) groups is 2. The van der Waals surface area contributed by atoms with E-state index in [1.54, 1.807) is 6.07 Å². The highest BCUT2D eigenvalue weighted by Crippen LogP contribution is 2.36. The molecule has 170 valence electrons. The van der Waals surface area contributed by atoms with Crippen LogP contribution < -0.4 is 16.0 Å². The number of pyridine rings is 1. The monoisotopic (exact) mass is 493 g/mol. The Morgan fingerprint density at radius 1 is 1.06 bits per heavy atom. The van der Waals surface area contributed by atoms with Crippen LogP contribution in [0.5, 0.6) is 5.75 Å². The van der Waals surface area contributed by atoms with E-state index in [9.17, 15) is 34.7 Å². The van der Waals surface area contributed by atoms with E-state index in [1.807, 2.05) is 4.98 Å². The number of nitro benzene ring substituents is 1. The van der Waals surface area contributed by atoms with Gasteiger partial charge in [0.15, 0.2) is 5.75 Å². The standard InChI is InChI=1S/C20H13Cl2N3O8/c21-10-3-1-8(5-11(10)22)7-33-13-4-2-9(6-12(13)25(31)32)14-15(19(27)28)17(23)24-18(26)16(14)20(29)30/h1-6H,7H2,(H,27,28)(H,29,30)(H3,23,24,26). The summed E-state index contributed by atoms with van der Waals surface area (Å²) in [5.74, 6) is -4.17. The molecule has 1 aromatic heterocycles. The molecule has 0 saturated carbocycles. The molecule has 0 saturated heterocycles. The number of carboxylic acid groups (broad SMARTS) is 2. The Morgan fingerprint density at radius 2 is 1.73 bits per heavy atom. The van der Waals surface area contributed by atoms with E-state index in [1.165, 1.54) is 18.2 Å². The minimum atomic E-state index is -1.74. The Balaban J connectivity index is 2.13. The Labute approximate surface area is 194 Å². The molecule has 0 atom stereocenters. The normalized spacial score (nSPS) is 10.6. The molecular formula is C20H13Cl2N3O8. The van der Waals surface area contributed by atoms with Crippen molar-refractivity contribution in [1.29, 1.82) is 0 Å². The smallest absolute Gasteiger partial charge is 0.342 e. The number of aromatic carboxylic acids is 2. The van der Waals surface area contributed by atoms with Crippen LogP contribution in [0.3, 0.4) is 0 Å². The lowest BCUT2D eigenvalue weighted by Gasteiger charge is -2.13. The number of H-pyrrole nitrogens is 1. The van der Waals surface area contributed by atoms with Gasteiger partial charge in [-0.15, -0.1) is 0 Å². The van der Waals surface area contributed by atoms with E-state index in [4.69, 9.17) is 33.7 Å². The third kappa shape index (κ3) is 4.73. The van der Waals surface area contributed by atoms with Crippen LogP contribution in [0.25, 0.3) is 11.1 Å². The SMILES string of the molecule is Nc1[nH]c(=O)c(C(=O)O)c(-c2ccc(OCc3ccc(Cl)c(Cl)c3)c([N+](=O)[O-])c2)c1C(=O)O. The molecule has 3 rings (SSSR count). The molecule has 5 N–H and O–H groups in total. The number of hydrogen-bond acceptors (Lipinski definition) is 7. The Morgan fingerprint density at radius 3 is 2.30 bits per heavy atom. The number of rotatable bonds is 7. The molecular weight excluding hydrogens is 481 g/mol. The van der Waals surface area contributed by atoms with E-state index in [-0.39, 0.29) is 22.9 Å². The number of aromatic amines is 1. The summed E-state index contributed by atoms with van der Waals surface area (Å²) in [5.41, 5.74) is 1.94. The fourth-order valence-electron chi connectivity index (χ4n) is 3.06. The van der Waals surface area contributed by atoms with Crippen LogP contribution in [0, 0.1) is 10.1 Å². The van der Waals surface area contributed by atoms with Gasteiger partial charge in [-0.3, -0.25) is 14.9 Å². The van der Waals surface area contributed by atoms with Gasteiger partial charge in [0.1, 0.15) is 23.6 Å². The van der Waals surface area contributed by atoms with Crippen LogP contribution in [0.15, 0.2) is 41.2 Å². The first-order valence-corrected chi connectivity index (χ1v) is 9.64. The fourth-order valence-corrected chi connectivity index (χ4v) is 3.38. The second-order valence-corrected chi connectivity index (χ2v) is 7.39. The summed E-state index contributed by atoms with van der Waals surface area (Å²) in [5, 5.41) is 31.2. The zero-order valence-corrected chi connectivity index (χ0v) is 17.8. The van der Waals surface area contributed by atoms with E-state index >= 15 is 0 Å². The third-order valence-corrected chi connectivity index (χ3v) is 5.23. The van der Waals surface area contributed by atoms with E-state index in [0.29, 0.717) is 10.6 Å². The number of aromatic nitrogens is 1. The van der Waals surface area contributed by atoms with Crippen LogP contribution in [-0.2, 0) is 6.61 Å². The lowest BCUT2D eigenvalue weighted by atomic mass is 9.95. The lowest BCUT2D eigenvalue weighted by molar-refractivity contribution is -0.385. The van der Waals surface area contributed by atoms with Gasteiger partial charge in [0, 0.05) is 11.6 Å². The summed E-state index contributed by atoms with van der Waals surface area (Å²) < 4.78 is 5.50. The summed E-state index contributed by atoms with van der Waals surface area (Å²) in [7, 11) is 0. The summed E-state index contributed by atoms with van der Waals surface area (Å²) in [6, 6.07) is 7.88. The first-order valence-electron chi connectivity index (χ1n) is 8.89. The Bertz CT molecular complexity index is 1370. The van der Waals surface area contributed by atoms with Crippen molar-refractivity contribution in [2.24, 2.45) is 0 Å². The number of nitrogen functional groups attached to an aromatic ring is 1. The minimum absolute atomic E-state index is 0.115. The predicted molar refractivity (Wildman–Crippen MR) is 118 cm³/mol. The first-order chi connectivity index (χ1) is 15.5. The largest absolute Gasteiger partial charge is 0.482 e. The van der Waals surface area contributed by atoms with Gasteiger partial charge in [0.25, 0.3) is 5.56 Å². The molecule has 0 aliphatic heterocycles. The number of nitrogens with zero attached hydrogens (tertiary/aromatic N) is 1. The highest BCUT2D eigenvalue weighted by atomic mass is 35.5. The number of nitrogens with two attached hydrogens (primary N) is 1. The Kier molecular flexibility index (Phi) is 6.56. The van der Waals surface area contributed by atoms with Gasteiger partial charge in [0.2, 0.25) is 0 Å². The van der Waals surface area contributed by atoms with Gasteiger partial charge in [-0.05, 0) is 29.3 Å². The zero-order valence-electron chi connectivity index (χ0n) is 16.3. The second kappa shape index (κ2) is 9.18. The van der Waals surface area contributed by atoms with Crippen molar-refractivity contribution in [3.8, 4) is 16.9 Å². The molecule has 0 unspecified atom stereocenters. The molecule has 0 spiro atoms. The number of benzene rings is 2. The molecule has 0 bridgehead atoms. The second-order valence-electron chi connectivity index (χ2n) is 6.58. The fraction of sp³-hybridized carbons (Fsp3) is 0.0500. The number of hydrogen-bond donors (Lipinski definition) is 4. The molecule has 3 aromatic rings. The maximum atomic E-state index is 12.2. The van der Waals surface area contributed by atoms with Crippen LogP contribution in [0.2, 0.25) is 10.0 Å². The van der Waals surface area contributed by atoms with Crippen molar-refractivity contribution < 1.29 is 29.5 Å². The third-order valence-electron chi connectivity index (χ3n) is 4.49. The van der Waals surface area contributed by atoms with Crippen molar-refractivity contribution >= 4 is 46.6 Å². The zero-order chi connectivity index (χ0) is 24.4. The molecule has 0 amide bonds. The number of anilines is 1. The van der Waals surface area contributed by atoms with E-state index < -0.39 is 50.6 Å². The summed E-state index contributed by atoms with van der Waals surface area (Å²) >= 11 is 11.8. The van der Waals surface area contributed by atoms with Gasteiger partial charge in [-0.25, -0.2) is 9.59 Å². The summed E-state index contributed by atoms with van der Waals surface area (Å²) in [6.07, 6.45) is 0. The molecule has 11 nitrogen and oxygen atoms in total. The maximum absolute atomic E-state index is 12.2. The van der Waals surface area contributed by atoms with Gasteiger partial charge >= 0.3 is 17.6 Å². The molecule has 13 heteroatoms. The number of ether oxygens (including phenoxy) is 1. The number of nitro groups is 1. The van der Waals surface area contributed by atoms with Crippen molar-refractivity contribution in [3.63, 3.8) is 0 Å². The van der Waals surface area contributed by atoms with Gasteiger partial charge < -0.3 is 25.7 Å². The van der Waals surface area contributed by atoms with Crippen LogP contribution in [-0.4, -0.2) is 32.1 Å². The van der Waals surface area contributed by atoms with E-state index in [0.717, 1.165) is 12.1 Å². The quantitative estimate of drug-likeness (QED) is 0.280. The van der Waals surface area contributed by atoms with Crippen LogP contribution in [0.1, 0.15) is 26.3 Å². The maximum Gasteiger partial charge on any atom is 0.342 e. The average molecular weight is 494 g/mol. The number of halogens is 2. The first kappa shape index (κ1) is 23.6. The number of carboxylic acids is 2. The van der Waals surface area contributed by atoms with Crippen molar-refractivity contribution in [2.45, 2.75) is 6.61 Å². The molecule has 1 heterocycles. The molecule has 0 fully saturated rings. The molecule has 0 aliphatic carbocycles. The average Bonchev–Trinajstić information content (AvgIpc) is 2.73. The van der Waals surface area contributed by atoms with Gasteiger partial charge in [0.05, 0.1) is 15.0 Å². The lowest BCUT2D eigenvalue weighted by Crippen LogP contribution is -2.24. The number of nitrogens with one attached hydrogen (secondary N) is 1. The van der Waals surface area contributed by atoms with Crippen LogP contribution >= 0.6 is 23.2 Å². The minimum Gasteiger partial charge on any atom is -0.482 e. The summed E-state index contributed by atoms with van der Waals surface area (Å²) in [6.45, 7) is -0.115. The molecule has 0 aliphatic rings. The molecule has 2 aromatic carbocycles. The topological polar surface area (TPSA) is 186 Å². The summed E-state index contributed by atoms with van der Waals surface area (Å²) in [4.78, 5) is 48.4. The highest BCUT2D eigenvalue weighted by Gasteiger charge is 2.28. The molecule has 0 radical (unpaired) electrons. The Hall–Kier alpha value is -4.09. The highest BCUT2D eigenvalue weighted by molar-refractivity contribution is 6.42. The van der Waals surface area contributed by atoms with Crippen molar-refractivity contribution in [1.82, 2.24) is 4.98 Å². The van der Waals surface area contributed by atoms with Crippen LogP contribution in [0.4, 0.5) is 11.5 Å².